The minimum Gasteiger partial charge on any atom is -0.339 e. The third kappa shape index (κ3) is 2.90. The van der Waals surface area contributed by atoms with E-state index in [1.807, 2.05) is 11.0 Å². The maximum absolute atomic E-state index is 12.4. The highest BCUT2D eigenvalue weighted by atomic mass is 16.2. The number of hydrogen-bond donors (Lipinski definition) is 1. The van der Waals surface area contributed by atoms with E-state index in [1.54, 1.807) is 12.4 Å². The first-order chi connectivity index (χ1) is 9.84. The molecule has 6 heteroatoms. The zero-order chi connectivity index (χ0) is 13.8. The van der Waals surface area contributed by atoms with Crippen LogP contribution in [-0.4, -0.2) is 60.0 Å². The average Bonchev–Trinajstić information content (AvgIpc) is 2.56. The Hall–Kier alpha value is -1.69. The van der Waals surface area contributed by atoms with Gasteiger partial charge in [-0.15, -0.1) is 0 Å². The summed E-state index contributed by atoms with van der Waals surface area (Å²) in [4.78, 5) is 25.1. The van der Waals surface area contributed by atoms with Crippen LogP contribution in [0.4, 0.5) is 5.95 Å². The second-order valence-corrected chi connectivity index (χ2v) is 5.40. The van der Waals surface area contributed by atoms with Crippen molar-refractivity contribution in [3.05, 3.63) is 18.5 Å². The molecule has 0 aromatic carbocycles. The number of aromatic nitrogens is 2. The van der Waals surface area contributed by atoms with E-state index in [0.717, 1.165) is 58.1 Å². The van der Waals surface area contributed by atoms with Crippen LogP contribution in [0.2, 0.25) is 0 Å². The van der Waals surface area contributed by atoms with Crippen molar-refractivity contribution in [1.29, 1.82) is 0 Å². The van der Waals surface area contributed by atoms with Crippen molar-refractivity contribution >= 4 is 11.9 Å². The van der Waals surface area contributed by atoms with Crippen LogP contribution in [0.1, 0.15) is 12.8 Å². The zero-order valence-electron chi connectivity index (χ0n) is 11.7. The fraction of sp³-hybridized carbons (Fsp3) is 0.643. The smallest absolute Gasteiger partial charge is 0.227 e. The van der Waals surface area contributed by atoms with Crippen LogP contribution in [0.5, 0.6) is 0 Å². The Kier molecular flexibility index (Phi) is 4.11. The molecular formula is C14H21N5O. The van der Waals surface area contributed by atoms with Crippen LogP contribution in [0.15, 0.2) is 18.5 Å². The molecule has 0 aliphatic carbocycles. The summed E-state index contributed by atoms with van der Waals surface area (Å²) in [5.74, 6) is 1.24. The number of carbonyl (C=O) groups is 1. The number of hydrogen-bond acceptors (Lipinski definition) is 5. The first kappa shape index (κ1) is 13.3. The molecule has 0 saturated carbocycles. The first-order valence-corrected chi connectivity index (χ1v) is 7.36. The highest BCUT2D eigenvalue weighted by molar-refractivity contribution is 5.79. The Morgan fingerprint density at radius 2 is 1.95 bits per heavy atom. The van der Waals surface area contributed by atoms with Gasteiger partial charge in [-0.05, 0) is 25.5 Å². The largest absolute Gasteiger partial charge is 0.339 e. The standard InChI is InChI=1S/C14H21N5O/c20-13(12-3-1-4-15-11-12)18-7-9-19(10-8-18)14-16-5-2-6-17-14/h2,5-6,12,15H,1,3-4,7-11H2. The molecular weight excluding hydrogens is 254 g/mol. The van der Waals surface area contributed by atoms with E-state index >= 15 is 0 Å². The second-order valence-electron chi connectivity index (χ2n) is 5.40. The van der Waals surface area contributed by atoms with Crippen molar-refractivity contribution in [3.63, 3.8) is 0 Å². The molecule has 108 valence electrons. The van der Waals surface area contributed by atoms with Gasteiger partial charge in [-0.25, -0.2) is 9.97 Å². The summed E-state index contributed by atoms with van der Waals surface area (Å²) in [5, 5.41) is 3.31. The maximum atomic E-state index is 12.4. The Labute approximate surface area is 119 Å². The van der Waals surface area contributed by atoms with Gasteiger partial charge < -0.3 is 15.1 Å². The minimum atomic E-state index is 0.170. The normalized spacial score (nSPS) is 23.7. The van der Waals surface area contributed by atoms with Crippen molar-refractivity contribution in [3.8, 4) is 0 Å². The van der Waals surface area contributed by atoms with Crippen LogP contribution >= 0.6 is 0 Å². The van der Waals surface area contributed by atoms with Gasteiger partial charge in [-0.1, -0.05) is 0 Å². The van der Waals surface area contributed by atoms with Gasteiger partial charge in [0.25, 0.3) is 0 Å². The predicted molar refractivity (Wildman–Crippen MR) is 76.4 cm³/mol. The van der Waals surface area contributed by atoms with Gasteiger partial charge in [0.15, 0.2) is 0 Å². The summed E-state index contributed by atoms with van der Waals surface area (Å²) in [6, 6.07) is 1.82. The van der Waals surface area contributed by atoms with E-state index in [-0.39, 0.29) is 5.92 Å². The van der Waals surface area contributed by atoms with E-state index in [4.69, 9.17) is 0 Å². The lowest BCUT2D eigenvalue weighted by Crippen LogP contribution is -2.52. The van der Waals surface area contributed by atoms with Gasteiger partial charge in [0, 0.05) is 45.1 Å². The number of nitrogens with one attached hydrogen (secondary N) is 1. The predicted octanol–water partition coefficient (Wildman–Crippen LogP) is 0.125. The lowest BCUT2D eigenvalue weighted by Gasteiger charge is -2.37. The first-order valence-electron chi connectivity index (χ1n) is 7.36. The van der Waals surface area contributed by atoms with Gasteiger partial charge in [-0.3, -0.25) is 4.79 Å². The van der Waals surface area contributed by atoms with Gasteiger partial charge in [0.05, 0.1) is 5.92 Å². The molecule has 6 nitrogen and oxygen atoms in total. The summed E-state index contributed by atoms with van der Waals surface area (Å²) >= 11 is 0. The SMILES string of the molecule is O=C(C1CCCNC1)N1CCN(c2ncccn2)CC1. The number of anilines is 1. The fourth-order valence-electron chi connectivity index (χ4n) is 2.90. The maximum Gasteiger partial charge on any atom is 0.227 e. The zero-order valence-corrected chi connectivity index (χ0v) is 11.7. The van der Waals surface area contributed by atoms with Crippen LogP contribution in [0.3, 0.4) is 0 Å². The fourth-order valence-corrected chi connectivity index (χ4v) is 2.90. The van der Waals surface area contributed by atoms with Gasteiger partial charge >= 0.3 is 0 Å². The van der Waals surface area contributed by atoms with E-state index in [2.05, 4.69) is 20.2 Å². The van der Waals surface area contributed by atoms with E-state index < -0.39 is 0 Å². The molecule has 1 N–H and O–H groups in total. The molecule has 1 unspecified atom stereocenters. The third-order valence-corrected chi connectivity index (χ3v) is 4.07. The molecule has 1 amide bonds. The quantitative estimate of drug-likeness (QED) is 0.831. The molecule has 1 atom stereocenters. The average molecular weight is 275 g/mol. The molecule has 0 spiro atoms. The van der Waals surface area contributed by atoms with Crippen LogP contribution in [0.25, 0.3) is 0 Å². The molecule has 3 heterocycles. The highest BCUT2D eigenvalue weighted by Crippen LogP contribution is 2.16. The van der Waals surface area contributed by atoms with Crippen molar-refractivity contribution in [2.24, 2.45) is 5.92 Å². The van der Waals surface area contributed by atoms with E-state index in [9.17, 15) is 4.79 Å². The number of piperazine rings is 1. The highest BCUT2D eigenvalue weighted by Gasteiger charge is 2.28. The molecule has 20 heavy (non-hydrogen) atoms. The van der Waals surface area contributed by atoms with Crippen molar-refractivity contribution in [1.82, 2.24) is 20.2 Å². The number of piperidine rings is 1. The summed E-state index contributed by atoms with van der Waals surface area (Å²) < 4.78 is 0. The summed E-state index contributed by atoms with van der Waals surface area (Å²) in [6.07, 6.45) is 5.64. The van der Waals surface area contributed by atoms with Gasteiger partial charge in [0.2, 0.25) is 11.9 Å². The van der Waals surface area contributed by atoms with Gasteiger partial charge in [0.1, 0.15) is 0 Å². The summed E-state index contributed by atoms with van der Waals surface area (Å²) in [6.45, 7) is 5.05. The Morgan fingerprint density at radius 1 is 1.20 bits per heavy atom. The summed E-state index contributed by atoms with van der Waals surface area (Å²) in [5.41, 5.74) is 0. The number of amides is 1. The van der Waals surface area contributed by atoms with Crippen LogP contribution < -0.4 is 10.2 Å². The van der Waals surface area contributed by atoms with Crippen molar-refractivity contribution in [2.75, 3.05) is 44.2 Å². The van der Waals surface area contributed by atoms with E-state index in [1.165, 1.54) is 0 Å². The van der Waals surface area contributed by atoms with Crippen LogP contribution in [-0.2, 0) is 4.79 Å². The number of rotatable bonds is 2. The second kappa shape index (κ2) is 6.17. The molecule has 2 fully saturated rings. The monoisotopic (exact) mass is 275 g/mol. The molecule has 1 aromatic heterocycles. The number of carbonyl (C=O) groups excluding carboxylic acids is 1. The molecule has 0 bridgehead atoms. The Balaban J connectivity index is 1.54. The van der Waals surface area contributed by atoms with Gasteiger partial charge in [-0.2, -0.15) is 0 Å². The summed E-state index contributed by atoms with van der Waals surface area (Å²) in [7, 11) is 0. The Bertz CT molecular complexity index is 438. The molecule has 1 aromatic rings. The lowest BCUT2D eigenvalue weighted by atomic mass is 9.98. The van der Waals surface area contributed by atoms with E-state index in [0.29, 0.717) is 5.91 Å². The minimum absolute atomic E-state index is 0.170. The molecule has 2 aliphatic rings. The van der Waals surface area contributed by atoms with Crippen LogP contribution in [0, 0.1) is 5.92 Å². The molecule has 2 aliphatic heterocycles. The molecule has 2 saturated heterocycles. The molecule has 0 radical (unpaired) electrons. The van der Waals surface area contributed by atoms with Crippen molar-refractivity contribution < 1.29 is 4.79 Å². The lowest BCUT2D eigenvalue weighted by molar-refractivity contribution is -0.136. The number of nitrogens with zero attached hydrogens (tertiary/aromatic N) is 4. The Morgan fingerprint density at radius 3 is 2.60 bits per heavy atom. The third-order valence-electron chi connectivity index (χ3n) is 4.07. The molecule has 3 rings (SSSR count). The van der Waals surface area contributed by atoms with Crippen molar-refractivity contribution in [2.45, 2.75) is 12.8 Å². The topological polar surface area (TPSA) is 61.4 Å².